The third-order valence-electron chi connectivity index (χ3n) is 5.29. The Kier molecular flexibility index (Phi) is 6.01. The molecule has 3 rings (SSSR count). The molecule has 0 unspecified atom stereocenters. The fourth-order valence-electron chi connectivity index (χ4n) is 4.03. The van der Waals surface area contributed by atoms with Crippen LogP contribution in [0.5, 0.6) is 5.75 Å². The Morgan fingerprint density at radius 3 is 2.75 bits per heavy atom. The van der Waals surface area contributed by atoms with Crippen LogP contribution in [-0.2, 0) is 11.2 Å². The zero-order chi connectivity index (χ0) is 16.9. The van der Waals surface area contributed by atoms with Crippen LogP contribution in [0.1, 0.15) is 50.5 Å². The highest BCUT2D eigenvalue weighted by Crippen LogP contribution is 2.26. The summed E-state index contributed by atoms with van der Waals surface area (Å²) in [4.78, 5) is 14.9. The number of aromatic hydroxyl groups is 1. The number of hydrogen-bond acceptors (Lipinski definition) is 3. The first-order valence-corrected chi connectivity index (χ1v) is 9.50. The van der Waals surface area contributed by atoms with Crippen LogP contribution in [0.15, 0.2) is 18.2 Å². The number of benzene rings is 1. The van der Waals surface area contributed by atoms with Gasteiger partial charge in [0.15, 0.2) is 0 Å². The van der Waals surface area contributed by atoms with E-state index in [1.54, 1.807) is 12.1 Å². The molecule has 1 amide bonds. The molecule has 0 bridgehead atoms. The summed E-state index contributed by atoms with van der Waals surface area (Å²) in [5.41, 5.74) is 0.829. The predicted octanol–water partition coefficient (Wildman–Crippen LogP) is 3.50. The summed E-state index contributed by atoms with van der Waals surface area (Å²) in [7, 11) is 0. The van der Waals surface area contributed by atoms with Crippen LogP contribution in [0.25, 0.3) is 0 Å². The standard InChI is InChI=1S/C19H27ClN2O2/c20-17-11-14(8-9-18(17)23)12-19(24)21-15-5-4-10-22(13-15)16-6-2-1-3-7-16/h8-9,11,15-16,23H,1-7,10,12-13H2,(H,21,24)/t15-/m0/s1. The van der Waals surface area contributed by atoms with Crippen molar-refractivity contribution >= 4 is 17.5 Å². The second kappa shape index (κ2) is 8.21. The fraction of sp³-hybridized carbons (Fsp3) is 0.632. The van der Waals surface area contributed by atoms with Gasteiger partial charge in [-0.3, -0.25) is 9.69 Å². The van der Waals surface area contributed by atoms with Crippen molar-refractivity contribution in [2.24, 2.45) is 0 Å². The Hall–Kier alpha value is -1.26. The van der Waals surface area contributed by atoms with Crippen LogP contribution < -0.4 is 5.32 Å². The van der Waals surface area contributed by atoms with Crippen LogP contribution in [0, 0.1) is 0 Å². The Bertz CT molecular complexity index is 572. The molecule has 2 fully saturated rings. The minimum Gasteiger partial charge on any atom is -0.506 e. The van der Waals surface area contributed by atoms with Crippen molar-refractivity contribution in [3.8, 4) is 5.75 Å². The SMILES string of the molecule is O=C(Cc1ccc(O)c(Cl)c1)N[C@H]1CCCN(C2CCCCC2)C1. The maximum atomic E-state index is 12.3. The van der Waals surface area contributed by atoms with Crippen molar-refractivity contribution in [3.63, 3.8) is 0 Å². The number of nitrogens with one attached hydrogen (secondary N) is 1. The van der Waals surface area contributed by atoms with Gasteiger partial charge in [0.2, 0.25) is 5.91 Å². The lowest BCUT2D eigenvalue weighted by Gasteiger charge is -2.40. The summed E-state index contributed by atoms with van der Waals surface area (Å²) in [6.45, 7) is 2.15. The normalized spacial score (nSPS) is 23.1. The number of amides is 1. The van der Waals surface area contributed by atoms with Gasteiger partial charge in [-0.1, -0.05) is 36.9 Å². The number of nitrogens with zero attached hydrogens (tertiary/aromatic N) is 1. The summed E-state index contributed by atoms with van der Waals surface area (Å²) in [5.74, 6) is 0.0866. The zero-order valence-corrected chi connectivity index (χ0v) is 14.9. The molecule has 0 spiro atoms. The fourth-order valence-corrected chi connectivity index (χ4v) is 4.23. The van der Waals surface area contributed by atoms with Crippen molar-refractivity contribution in [2.75, 3.05) is 13.1 Å². The van der Waals surface area contributed by atoms with E-state index in [4.69, 9.17) is 11.6 Å². The second-order valence-electron chi connectivity index (χ2n) is 7.16. The van der Waals surface area contributed by atoms with Crippen molar-refractivity contribution in [1.82, 2.24) is 10.2 Å². The summed E-state index contributed by atoms with van der Waals surface area (Å²) in [5, 5.41) is 12.9. The van der Waals surface area contributed by atoms with E-state index in [0.29, 0.717) is 17.5 Å². The molecule has 0 aromatic heterocycles. The highest BCUT2D eigenvalue weighted by atomic mass is 35.5. The maximum absolute atomic E-state index is 12.3. The van der Waals surface area contributed by atoms with Crippen LogP contribution in [0.3, 0.4) is 0 Å². The molecule has 1 aromatic rings. The molecule has 5 heteroatoms. The van der Waals surface area contributed by atoms with Gasteiger partial charge in [-0.15, -0.1) is 0 Å². The topological polar surface area (TPSA) is 52.6 Å². The second-order valence-corrected chi connectivity index (χ2v) is 7.56. The van der Waals surface area contributed by atoms with Gasteiger partial charge in [0.25, 0.3) is 0 Å². The number of halogens is 1. The lowest BCUT2D eigenvalue weighted by Crippen LogP contribution is -2.51. The van der Waals surface area contributed by atoms with Crippen LogP contribution in [-0.4, -0.2) is 41.1 Å². The highest BCUT2D eigenvalue weighted by Gasteiger charge is 2.27. The number of phenolic OH excluding ortho intramolecular Hbond substituents is 1. The van der Waals surface area contributed by atoms with Crippen LogP contribution in [0.2, 0.25) is 5.02 Å². The van der Waals surface area contributed by atoms with E-state index in [9.17, 15) is 9.90 Å². The largest absolute Gasteiger partial charge is 0.506 e. The monoisotopic (exact) mass is 350 g/mol. The lowest BCUT2D eigenvalue weighted by molar-refractivity contribution is -0.121. The number of piperidine rings is 1. The summed E-state index contributed by atoms with van der Waals surface area (Å²) < 4.78 is 0. The average Bonchev–Trinajstić information content (AvgIpc) is 2.59. The maximum Gasteiger partial charge on any atom is 0.224 e. The summed E-state index contributed by atoms with van der Waals surface area (Å²) in [6, 6.07) is 5.91. The molecule has 0 radical (unpaired) electrons. The van der Waals surface area contributed by atoms with Crippen molar-refractivity contribution in [1.29, 1.82) is 0 Å². The molecule has 1 heterocycles. The number of hydrogen-bond donors (Lipinski definition) is 2. The Morgan fingerprint density at radius 2 is 2.00 bits per heavy atom. The Balaban J connectivity index is 1.50. The van der Waals surface area contributed by atoms with Gasteiger partial charge < -0.3 is 10.4 Å². The third kappa shape index (κ3) is 4.64. The quantitative estimate of drug-likeness (QED) is 0.873. The van der Waals surface area contributed by atoms with Crippen molar-refractivity contribution in [2.45, 2.75) is 63.5 Å². The summed E-state index contributed by atoms with van der Waals surface area (Å²) >= 11 is 5.91. The number of carbonyl (C=O) groups is 1. The molecule has 24 heavy (non-hydrogen) atoms. The van der Waals surface area contributed by atoms with E-state index in [2.05, 4.69) is 10.2 Å². The molecule has 1 saturated carbocycles. The predicted molar refractivity (Wildman–Crippen MR) is 96.4 cm³/mol. The molecule has 4 nitrogen and oxygen atoms in total. The molecule has 1 aliphatic heterocycles. The Labute approximate surface area is 149 Å². The van der Waals surface area contributed by atoms with Crippen molar-refractivity contribution < 1.29 is 9.90 Å². The van der Waals surface area contributed by atoms with Gasteiger partial charge in [-0.2, -0.15) is 0 Å². The highest BCUT2D eigenvalue weighted by molar-refractivity contribution is 6.32. The first-order chi connectivity index (χ1) is 11.6. The first-order valence-electron chi connectivity index (χ1n) is 9.12. The molecular formula is C19H27ClN2O2. The molecule has 1 atom stereocenters. The molecular weight excluding hydrogens is 324 g/mol. The van der Waals surface area contributed by atoms with Crippen molar-refractivity contribution in [3.05, 3.63) is 28.8 Å². The Morgan fingerprint density at radius 1 is 1.21 bits per heavy atom. The van der Waals surface area contributed by atoms with E-state index < -0.39 is 0 Å². The van der Waals surface area contributed by atoms with Gasteiger partial charge in [0, 0.05) is 18.6 Å². The summed E-state index contributed by atoms with van der Waals surface area (Å²) in [6.07, 6.45) is 9.22. The van der Waals surface area contributed by atoms with E-state index in [1.807, 2.05) is 0 Å². The number of rotatable bonds is 4. The van der Waals surface area contributed by atoms with Gasteiger partial charge in [0.1, 0.15) is 5.75 Å². The minimum atomic E-state index is 0.0345. The van der Waals surface area contributed by atoms with Gasteiger partial charge >= 0.3 is 0 Å². The molecule has 132 valence electrons. The molecule has 1 saturated heterocycles. The molecule has 2 aliphatic rings. The van der Waals surface area contributed by atoms with E-state index in [0.717, 1.165) is 24.9 Å². The van der Waals surface area contributed by atoms with E-state index in [1.165, 1.54) is 44.7 Å². The lowest BCUT2D eigenvalue weighted by atomic mass is 9.92. The average molecular weight is 351 g/mol. The van der Waals surface area contributed by atoms with E-state index >= 15 is 0 Å². The zero-order valence-electron chi connectivity index (χ0n) is 14.1. The number of likely N-dealkylation sites (tertiary alicyclic amines) is 1. The molecule has 2 N–H and O–H groups in total. The number of phenols is 1. The van der Waals surface area contributed by atoms with Gasteiger partial charge in [0.05, 0.1) is 11.4 Å². The van der Waals surface area contributed by atoms with Crippen LogP contribution >= 0.6 is 11.6 Å². The smallest absolute Gasteiger partial charge is 0.224 e. The minimum absolute atomic E-state index is 0.0345. The molecule has 1 aromatic carbocycles. The van der Waals surface area contributed by atoms with Gasteiger partial charge in [-0.25, -0.2) is 0 Å². The first kappa shape index (κ1) is 17.6. The van der Waals surface area contributed by atoms with Gasteiger partial charge in [-0.05, 0) is 49.9 Å². The molecule has 1 aliphatic carbocycles. The van der Waals surface area contributed by atoms with Crippen LogP contribution in [0.4, 0.5) is 0 Å². The van der Waals surface area contributed by atoms with E-state index in [-0.39, 0.29) is 17.7 Å². The number of carbonyl (C=O) groups excluding carboxylic acids is 1. The third-order valence-corrected chi connectivity index (χ3v) is 5.59.